The van der Waals surface area contributed by atoms with Crippen molar-refractivity contribution >= 4 is 40.1 Å². The van der Waals surface area contributed by atoms with Crippen LogP contribution in [-0.2, 0) is 29.1 Å². The molecule has 1 aliphatic rings. The summed E-state index contributed by atoms with van der Waals surface area (Å²) in [6.07, 6.45) is 13.8. The summed E-state index contributed by atoms with van der Waals surface area (Å²) in [6, 6.07) is -2.11. The van der Waals surface area contributed by atoms with Gasteiger partial charge in [-0.2, -0.15) is 4.31 Å². The first-order chi connectivity index (χ1) is 20.3. The summed E-state index contributed by atoms with van der Waals surface area (Å²) in [4.78, 5) is 46.6. The van der Waals surface area contributed by atoms with E-state index in [0.29, 0.717) is 25.0 Å². The molecule has 43 heavy (non-hydrogen) atoms. The first-order valence-corrected chi connectivity index (χ1v) is 15.9. The molecule has 0 bridgehead atoms. The molecular formula is C31H49N5O6S. The number of nitrogens with one attached hydrogen (secondary N) is 2. The Morgan fingerprint density at radius 2 is 1.84 bits per heavy atom. The van der Waals surface area contributed by atoms with Gasteiger partial charge in [0.25, 0.3) is 5.91 Å². The molecule has 0 aliphatic carbocycles. The standard InChI is InChI=1S/C25H40N4O6S.C6H9N/c1-8-13-26-15-19(7)35-23(9-2)25(32)28-21(14-17(4)5)24(31)27-20-12-11-18(6)29(16-22(20)30)36(33,34)10-3;1-3-5-6-7-4-2/h8-9,13,15,17-18,20-21H,1,10-12,14,16H2,2-7H3,(H,27,31)(H,28,32);3-6H,1H2,2H3/b19-15+,23-9+,26-13?;6-5-,7-4?/t18-,20+,21?;/m1./s1. The van der Waals surface area contributed by atoms with Gasteiger partial charge >= 0.3 is 0 Å². The van der Waals surface area contributed by atoms with Gasteiger partial charge in [0.2, 0.25) is 15.9 Å². The third kappa shape index (κ3) is 15.4. The van der Waals surface area contributed by atoms with Crippen LogP contribution in [0.4, 0.5) is 0 Å². The maximum Gasteiger partial charge on any atom is 0.287 e. The van der Waals surface area contributed by atoms with Crippen LogP contribution >= 0.6 is 0 Å². The van der Waals surface area contributed by atoms with Crippen molar-refractivity contribution in [3.63, 3.8) is 0 Å². The SMILES string of the molecule is C=C/C=C\N=CC.C=CC=N/C=C(\C)O/C(=C/C)C(=O)NC(CC(C)C)C(=O)N[C@H]1CC[C@@H](C)N(S(=O)(=O)CC)CC1=O. The molecule has 0 spiro atoms. The largest absolute Gasteiger partial charge is 0.455 e. The van der Waals surface area contributed by atoms with E-state index in [2.05, 4.69) is 33.8 Å². The average Bonchev–Trinajstić information content (AvgIpc) is 3.10. The van der Waals surface area contributed by atoms with E-state index in [4.69, 9.17) is 4.74 Å². The van der Waals surface area contributed by atoms with E-state index in [1.807, 2.05) is 20.8 Å². The lowest BCUT2D eigenvalue weighted by molar-refractivity contribution is -0.131. The number of rotatable bonds is 14. The highest BCUT2D eigenvalue weighted by Gasteiger charge is 2.36. The van der Waals surface area contributed by atoms with E-state index in [1.54, 1.807) is 45.3 Å². The smallest absolute Gasteiger partial charge is 0.287 e. The summed E-state index contributed by atoms with van der Waals surface area (Å²) < 4.78 is 31.5. The Balaban J connectivity index is 0.00000223. The maximum absolute atomic E-state index is 13.2. The summed E-state index contributed by atoms with van der Waals surface area (Å²) in [5, 5.41) is 5.44. The average molecular weight is 620 g/mol. The van der Waals surface area contributed by atoms with Gasteiger partial charge in [-0.15, -0.1) is 0 Å². The second-order valence-corrected chi connectivity index (χ2v) is 12.3. The van der Waals surface area contributed by atoms with Gasteiger partial charge in [-0.1, -0.05) is 39.2 Å². The number of carbonyl (C=O) groups is 3. The molecule has 2 N–H and O–H groups in total. The monoisotopic (exact) mass is 619 g/mol. The fraction of sp³-hybridized carbons (Fsp3) is 0.516. The van der Waals surface area contributed by atoms with Crippen molar-refractivity contribution < 1.29 is 27.5 Å². The van der Waals surface area contributed by atoms with Crippen LogP contribution in [0.2, 0.25) is 0 Å². The zero-order valence-electron chi connectivity index (χ0n) is 26.6. The number of ether oxygens (including phenoxy) is 1. The molecule has 0 aromatic rings. The maximum atomic E-state index is 13.2. The van der Waals surface area contributed by atoms with Crippen molar-refractivity contribution in [2.45, 2.75) is 85.9 Å². The Morgan fingerprint density at radius 1 is 1.16 bits per heavy atom. The third-order valence-electron chi connectivity index (χ3n) is 6.09. The van der Waals surface area contributed by atoms with Crippen molar-refractivity contribution in [3.8, 4) is 0 Å². The van der Waals surface area contributed by atoms with Gasteiger partial charge < -0.3 is 15.4 Å². The molecule has 1 fully saturated rings. The number of allylic oxidation sites excluding steroid dienone is 5. The fourth-order valence-electron chi connectivity index (χ4n) is 3.87. The van der Waals surface area contributed by atoms with Gasteiger partial charge in [0.1, 0.15) is 11.8 Å². The summed E-state index contributed by atoms with van der Waals surface area (Å²) >= 11 is 0. The molecule has 12 heteroatoms. The zero-order chi connectivity index (χ0) is 33.0. The molecule has 1 unspecified atom stereocenters. The molecule has 1 heterocycles. The first kappa shape index (κ1) is 39.4. The van der Waals surface area contributed by atoms with Crippen LogP contribution in [0, 0.1) is 5.92 Å². The Morgan fingerprint density at radius 3 is 2.37 bits per heavy atom. The van der Waals surface area contributed by atoms with E-state index in [1.165, 1.54) is 35.8 Å². The van der Waals surface area contributed by atoms with Crippen LogP contribution in [0.25, 0.3) is 0 Å². The summed E-state index contributed by atoms with van der Waals surface area (Å²) in [6.45, 7) is 19.0. The van der Waals surface area contributed by atoms with Crippen molar-refractivity contribution in [1.82, 2.24) is 14.9 Å². The van der Waals surface area contributed by atoms with Crippen LogP contribution in [-0.4, -0.2) is 73.2 Å². The van der Waals surface area contributed by atoms with Crippen LogP contribution < -0.4 is 10.6 Å². The number of ketones is 1. The van der Waals surface area contributed by atoms with Crippen LogP contribution in [0.5, 0.6) is 0 Å². The molecular weight excluding hydrogens is 570 g/mol. The highest BCUT2D eigenvalue weighted by molar-refractivity contribution is 7.89. The first-order valence-electron chi connectivity index (χ1n) is 14.3. The van der Waals surface area contributed by atoms with Crippen molar-refractivity contribution in [2.24, 2.45) is 15.9 Å². The Hall–Kier alpha value is -3.64. The number of Topliss-reactive ketones (excluding diaryl/α,β-unsaturated/α-hetero) is 1. The van der Waals surface area contributed by atoms with Gasteiger partial charge in [0.15, 0.2) is 11.5 Å². The molecule has 3 atom stereocenters. The van der Waals surface area contributed by atoms with E-state index in [-0.39, 0.29) is 35.8 Å². The zero-order valence-corrected chi connectivity index (χ0v) is 27.4. The molecule has 1 rings (SSSR count). The second-order valence-electron chi connectivity index (χ2n) is 10.1. The van der Waals surface area contributed by atoms with Gasteiger partial charge in [-0.25, -0.2) is 8.42 Å². The summed E-state index contributed by atoms with van der Waals surface area (Å²) in [7, 11) is -3.55. The third-order valence-corrected chi connectivity index (χ3v) is 8.03. The van der Waals surface area contributed by atoms with E-state index in [0.717, 1.165) is 0 Å². The van der Waals surface area contributed by atoms with Gasteiger partial charge in [-0.05, 0) is 72.0 Å². The molecule has 11 nitrogen and oxygen atoms in total. The molecule has 1 saturated heterocycles. The lowest BCUT2D eigenvalue weighted by Gasteiger charge is -2.25. The topological polar surface area (TPSA) is 147 Å². The predicted octanol–water partition coefficient (Wildman–Crippen LogP) is 4.22. The van der Waals surface area contributed by atoms with Gasteiger partial charge in [0.05, 0.1) is 24.5 Å². The molecule has 0 radical (unpaired) electrons. The number of carbonyl (C=O) groups excluding carboxylic acids is 3. The summed E-state index contributed by atoms with van der Waals surface area (Å²) in [5.41, 5.74) is 0. The predicted molar refractivity (Wildman–Crippen MR) is 174 cm³/mol. The highest BCUT2D eigenvalue weighted by atomic mass is 32.2. The quantitative estimate of drug-likeness (QED) is 0.129. The minimum atomic E-state index is -3.55. The number of nitrogens with zero attached hydrogens (tertiary/aromatic N) is 3. The highest BCUT2D eigenvalue weighted by Crippen LogP contribution is 2.19. The fourth-order valence-corrected chi connectivity index (χ4v) is 5.18. The number of aliphatic imine (C=N–C) groups is 2. The summed E-state index contributed by atoms with van der Waals surface area (Å²) in [5.74, 6) is -1.13. The number of amides is 2. The molecule has 0 aromatic heterocycles. The van der Waals surface area contributed by atoms with Crippen LogP contribution in [0.3, 0.4) is 0 Å². The van der Waals surface area contributed by atoms with Crippen LogP contribution in [0.1, 0.15) is 67.7 Å². The molecule has 0 saturated carbocycles. The molecule has 1 aliphatic heterocycles. The second kappa shape index (κ2) is 21.1. The minimum absolute atomic E-state index is 0.00103. The lowest BCUT2D eigenvalue weighted by atomic mass is 10.0. The number of hydrogen-bond acceptors (Lipinski definition) is 8. The van der Waals surface area contributed by atoms with Crippen molar-refractivity contribution in [2.75, 3.05) is 12.3 Å². The number of sulfonamides is 1. The van der Waals surface area contributed by atoms with E-state index < -0.39 is 33.9 Å². The van der Waals surface area contributed by atoms with Crippen molar-refractivity contribution in [1.29, 1.82) is 0 Å². The molecule has 0 aromatic carbocycles. The molecule has 240 valence electrons. The van der Waals surface area contributed by atoms with Gasteiger partial charge in [-0.3, -0.25) is 24.4 Å². The Bertz CT molecular complexity index is 1200. The minimum Gasteiger partial charge on any atom is -0.455 e. The molecule has 2 amide bonds. The Kier molecular flexibility index (Phi) is 19.3. The van der Waals surface area contributed by atoms with E-state index >= 15 is 0 Å². The lowest BCUT2D eigenvalue weighted by Crippen LogP contribution is -2.53. The van der Waals surface area contributed by atoms with Crippen LogP contribution in [0.15, 0.2) is 71.4 Å². The Labute approximate surface area is 257 Å². The normalized spacial score (nSPS) is 19.6. The van der Waals surface area contributed by atoms with E-state index in [9.17, 15) is 22.8 Å². The van der Waals surface area contributed by atoms with Gasteiger partial charge in [0, 0.05) is 24.7 Å². The van der Waals surface area contributed by atoms with Crippen molar-refractivity contribution in [3.05, 3.63) is 61.4 Å². The number of hydrogen-bond donors (Lipinski definition) is 2.